The Morgan fingerprint density at radius 3 is 2.77 bits per heavy atom. The molecule has 1 fully saturated rings. The number of halogens is 1. The summed E-state index contributed by atoms with van der Waals surface area (Å²) in [6.45, 7) is 4.66. The molecule has 1 amide bonds. The van der Waals surface area contributed by atoms with Gasteiger partial charge in [0.05, 0.1) is 18.9 Å². The minimum atomic E-state index is -0.319. The molecule has 0 saturated carbocycles. The molecule has 0 radical (unpaired) electrons. The second-order valence-electron chi connectivity index (χ2n) is 5.95. The van der Waals surface area contributed by atoms with E-state index >= 15 is 0 Å². The van der Waals surface area contributed by atoms with Crippen molar-refractivity contribution >= 4 is 28.9 Å². The Bertz CT molecular complexity index is 833. The molecule has 7 heteroatoms. The number of hydrogen-bond donors (Lipinski definition) is 2. The number of ether oxygens (including phenoxy) is 1. The summed E-state index contributed by atoms with van der Waals surface area (Å²) in [4.78, 5) is 14.6. The van der Waals surface area contributed by atoms with Crippen LogP contribution in [0.1, 0.15) is 22.8 Å². The van der Waals surface area contributed by atoms with Crippen LogP contribution in [-0.2, 0) is 4.74 Å². The van der Waals surface area contributed by atoms with Crippen molar-refractivity contribution in [2.24, 2.45) is 5.10 Å². The van der Waals surface area contributed by atoms with E-state index in [1.54, 1.807) is 25.1 Å². The predicted octanol–water partition coefficient (Wildman–Crippen LogP) is 3.04. The highest BCUT2D eigenvalue weighted by Gasteiger charge is 2.13. The number of nitrogens with one attached hydrogen (secondary N) is 1. The van der Waals surface area contributed by atoms with Crippen molar-refractivity contribution in [2.75, 3.05) is 31.2 Å². The molecule has 3 rings (SSSR count). The smallest absolute Gasteiger partial charge is 0.271 e. The minimum absolute atomic E-state index is 0.0548. The van der Waals surface area contributed by atoms with Crippen molar-refractivity contribution in [1.29, 1.82) is 0 Å². The molecule has 1 saturated heterocycles. The number of anilines is 1. The molecule has 0 atom stereocenters. The normalized spacial score (nSPS) is 15.0. The first kappa shape index (κ1) is 18.2. The molecule has 2 aromatic rings. The van der Waals surface area contributed by atoms with Crippen LogP contribution < -0.4 is 10.3 Å². The van der Waals surface area contributed by atoms with E-state index < -0.39 is 0 Å². The monoisotopic (exact) mass is 373 g/mol. The Morgan fingerprint density at radius 1 is 1.23 bits per heavy atom. The molecule has 0 aromatic heterocycles. The second kappa shape index (κ2) is 8.21. The van der Waals surface area contributed by atoms with Gasteiger partial charge < -0.3 is 14.7 Å². The number of nitrogens with zero attached hydrogens (tertiary/aromatic N) is 2. The zero-order valence-electron chi connectivity index (χ0n) is 14.4. The van der Waals surface area contributed by atoms with Crippen LogP contribution in [0.15, 0.2) is 47.6 Å². The number of amides is 1. The first-order valence-electron chi connectivity index (χ1n) is 8.31. The number of hydrogen-bond acceptors (Lipinski definition) is 5. The van der Waals surface area contributed by atoms with Gasteiger partial charge in [-0.1, -0.05) is 17.7 Å². The molecule has 0 unspecified atom stereocenters. The topological polar surface area (TPSA) is 74.2 Å². The van der Waals surface area contributed by atoms with Gasteiger partial charge in [-0.2, -0.15) is 5.10 Å². The van der Waals surface area contributed by atoms with Crippen molar-refractivity contribution < 1.29 is 14.6 Å². The van der Waals surface area contributed by atoms with E-state index in [4.69, 9.17) is 16.3 Å². The summed E-state index contributed by atoms with van der Waals surface area (Å²) >= 11 is 5.94. The number of rotatable bonds is 4. The Kier molecular flexibility index (Phi) is 5.75. The van der Waals surface area contributed by atoms with Gasteiger partial charge in [0.15, 0.2) is 0 Å². The predicted molar refractivity (Wildman–Crippen MR) is 102 cm³/mol. The van der Waals surface area contributed by atoms with Gasteiger partial charge in [0.2, 0.25) is 0 Å². The third kappa shape index (κ3) is 4.33. The van der Waals surface area contributed by atoms with Crippen LogP contribution in [0.3, 0.4) is 0 Å². The van der Waals surface area contributed by atoms with Crippen molar-refractivity contribution in [3.05, 3.63) is 58.6 Å². The summed E-state index contributed by atoms with van der Waals surface area (Å²) in [6.07, 6.45) is 0. The van der Waals surface area contributed by atoms with E-state index in [1.807, 2.05) is 18.2 Å². The fourth-order valence-corrected chi connectivity index (χ4v) is 2.89. The highest BCUT2D eigenvalue weighted by Crippen LogP contribution is 2.22. The van der Waals surface area contributed by atoms with Crippen molar-refractivity contribution in [3.8, 4) is 5.75 Å². The molecule has 1 aliphatic heterocycles. The van der Waals surface area contributed by atoms with E-state index in [0.717, 1.165) is 18.8 Å². The molecule has 2 aromatic carbocycles. The lowest BCUT2D eigenvalue weighted by molar-refractivity contribution is 0.0955. The second-order valence-corrected chi connectivity index (χ2v) is 6.39. The fraction of sp³-hybridized carbons (Fsp3) is 0.263. The molecule has 0 spiro atoms. The number of aromatic hydroxyl groups is 1. The zero-order valence-corrected chi connectivity index (χ0v) is 15.2. The highest BCUT2D eigenvalue weighted by atomic mass is 35.5. The third-order valence-electron chi connectivity index (χ3n) is 4.16. The minimum Gasteiger partial charge on any atom is -0.507 e. The maximum absolute atomic E-state index is 12.4. The SMILES string of the molecule is C/C(=N/NC(=O)c1cccc(N2CCOCC2)c1)c1cc(Cl)ccc1O. The Labute approximate surface area is 157 Å². The van der Waals surface area contributed by atoms with Crippen LogP contribution in [0.4, 0.5) is 5.69 Å². The third-order valence-corrected chi connectivity index (χ3v) is 4.39. The van der Waals surface area contributed by atoms with E-state index in [2.05, 4.69) is 15.4 Å². The van der Waals surface area contributed by atoms with Crippen LogP contribution in [0, 0.1) is 0 Å². The lowest BCUT2D eigenvalue weighted by Gasteiger charge is -2.29. The lowest BCUT2D eigenvalue weighted by Crippen LogP contribution is -2.36. The number of phenols is 1. The first-order chi connectivity index (χ1) is 12.5. The summed E-state index contributed by atoms with van der Waals surface area (Å²) in [5.41, 5.74) is 4.95. The zero-order chi connectivity index (χ0) is 18.5. The van der Waals surface area contributed by atoms with Gasteiger partial charge in [0.1, 0.15) is 5.75 Å². The number of carbonyl (C=O) groups is 1. The van der Waals surface area contributed by atoms with E-state index in [9.17, 15) is 9.90 Å². The van der Waals surface area contributed by atoms with Crippen LogP contribution in [0.25, 0.3) is 0 Å². The van der Waals surface area contributed by atoms with Crippen LogP contribution in [0.2, 0.25) is 5.02 Å². The van der Waals surface area contributed by atoms with Crippen molar-refractivity contribution in [2.45, 2.75) is 6.92 Å². The standard InChI is InChI=1S/C19H20ClN3O3/c1-13(17-12-15(20)5-6-18(17)24)21-22-19(25)14-3-2-4-16(11-14)23-7-9-26-10-8-23/h2-6,11-12,24H,7-10H2,1H3,(H,22,25)/b21-13-. The largest absolute Gasteiger partial charge is 0.507 e. The van der Waals surface area contributed by atoms with Gasteiger partial charge >= 0.3 is 0 Å². The lowest BCUT2D eigenvalue weighted by atomic mass is 10.1. The molecule has 0 aliphatic carbocycles. The average Bonchev–Trinajstić information content (AvgIpc) is 2.68. The molecule has 2 N–H and O–H groups in total. The molecule has 26 heavy (non-hydrogen) atoms. The van der Waals surface area contributed by atoms with Gasteiger partial charge in [-0.15, -0.1) is 0 Å². The molecule has 1 aliphatic rings. The van der Waals surface area contributed by atoms with Gasteiger partial charge in [-0.25, -0.2) is 5.43 Å². The van der Waals surface area contributed by atoms with E-state index in [0.29, 0.717) is 35.1 Å². The molecule has 6 nitrogen and oxygen atoms in total. The Morgan fingerprint density at radius 2 is 2.00 bits per heavy atom. The van der Waals surface area contributed by atoms with Crippen LogP contribution in [0.5, 0.6) is 5.75 Å². The maximum Gasteiger partial charge on any atom is 0.271 e. The average molecular weight is 374 g/mol. The summed E-state index contributed by atoms with van der Waals surface area (Å²) in [7, 11) is 0. The molecule has 0 bridgehead atoms. The van der Waals surface area contributed by atoms with Gasteiger partial charge in [-0.05, 0) is 43.3 Å². The van der Waals surface area contributed by atoms with Gasteiger partial charge in [-0.3, -0.25) is 4.79 Å². The fourth-order valence-electron chi connectivity index (χ4n) is 2.72. The summed E-state index contributed by atoms with van der Waals surface area (Å²) in [6, 6.07) is 12.1. The highest BCUT2D eigenvalue weighted by molar-refractivity contribution is 6.31. The number of hydrazone groups is 1. The van der Waals surface area contributed by atoms with Crippen LogP contribution in [-0.4, -0.2) is 43.0 Å². The first-order valence-corrected chi connectivity index (χ1v) is 8.68. The summed E-state index contributed by atoms with van der Waals surface area (Å²) in [5.74, 6) is -0.264. The van der Waals surface area contributed by atoms with Gasteiger partial charge in [0.25, 0.3) is 5.91 Å². The maximum atomic E-state index is 12.4. The van der Waals surface area contributed by atoms with Crippen LogP contribution >= 0.6 is 11.6 Å². The van der Waals surface area contributed by atoms with E-state index in [-0.39, 0.29) is 11.7 Å². The molecular formula is C19H20ClN3O3. The number of phenolic OH excluding ortho intramolecular Hbond substituents is 1. The number of benzene rings is 2. The molecule has 136 valence electrons. The Hall–Kier alpha value is -2.57. The molecule has 1 heterocycles. The van der Waals surface area contributed by atoms with E-state index in [1.165, 1.54) is 6.07 Å². The quantitative estimate of drug-likeness (QED) is 0.638. The summed E-state index contributed by atoms with van der Waals surface area (Å²) in [5, 5.41) is 14.5. The summed E-state index contributed by atoms with van der Waals surface area (Å²) < 4.78 is 5.36. The van der Waals surface area contributed by atoms with Crippen molar-refractivity contribution in [1.82, 2.24) is 5.43 Å². The number of morpholine rings is 1. The number of carbonyl (C=O) groups excluding carboxylic acids is 1. The molecular weight excluding hydrogens is 354 g/mol. The van der Waals surface area contributed by atoms with Crippen molar-refractivity contribution in [3.63, 3.8) is 0 Å². The van der Waals surface area contributed by atoms with Gasteiger partial charge in [0, 0.05) is 34.9 Å². The Balaban J connectivity index is 1.72.